The van der Waals surface area contributed by atoms with Crippen molar-refractivity contribution >= 4 is 17.5 Å². The predicted molar refractivity (Wildman–Crippen MR) is 86.9 cm³/mol. The van der Waals surface area contributed by atoms with Gasteiger partial charge in [-0.1, -0.05) is 12.1 Å². The average Bonchev–Trinajstić information content (AvgIpc) is 3.23. The largest absolute Gasteiger partial charge is 0.469 e. The molecule has 0 radical (unpaired) electrons. The van der Waals surface area contributed by atoms with Crippen LogP contribution in [0.25, 0.3) is 0 Å². The lowest BCUT2D eigenvalue weighted by Gasteiger charge is -2.16. The Hall–Kier alpha value is -2.56. The number of carbonyl (C=O) groups is 2. The molecule has 1 aromatic heterocycles. The molecule has 1 aliphatic rings. The van der Waals surface area contributed by atoms with Crippen molar-refractivity contribution in [3.05, 3.63) is 54.0 Å². The molecule has 0 spiro atoms. The first kappa shape index (κ1) is 15.3. The van der Waals surface area contributed by atoms with Crippen molar-refractivity contribution < 1.29 is 14.0 Å². The molecule has 2 aromatic rings. The second-order valence-corrected chi connectivity index (χ2v) is 5.67. The topological polar surface area (TPSA) is 62.6 Å². The van der Waals surface area contributed by atoms with E-state index in [1.54, 1.807) is 6.26 Å². The second-order valence-electron chi connectivity index (χ2n) is 5.67. The first-order valence-electron chi connectivity index (χ1n) is 7.91. The third-order valence-corrected chi connectivity index (χ3v) is 3.99. The van der Waals surface area contributed by atoms with Gasteiger partial charge in [0.1, 0.15) is 5.76 Å². The Kier molecular flexibility index (Phi) is 4.76. The van der Waals surface area contributed by atoms with Crippen LogP contribution in [0.3, 0.4) is 0 Å². The van der Waals surface area contributed by atoms with Crippen LogP contribution in [-0.4, -0.2) is 18.4 Å². The molecule has 0 unspecified atom stereocenters. The van der Waals surface area contributed by atoms with Crippen LogP contribution >= 0.6 is 0 Å². The van der Waals surface area contributed by atoms with E-state index in [9.17, 15) is 9.59 Å². The van der Waals surface area contributed by atoms with E-state index in [1.807, 2.05) is 41.3 Å². The number of hydrogen-bond acceptors (Lipinski definition) is 3. The van der Waals surface area contributed by atoms with Crippen molar-refractivity contribution in [1.82, 2.24) is 5.32 Å². The van der Waals surface area contributed by atoms with Crippen LogP contribution in [0.1, 0.15) is 30.6 Å². The van der Waals surface area contributed by atoms with Gasteiger partial charge in [-0.25, -0.2) is 0 Å². The fourth-order valence-electron chi connectivity index (χ4n) is 2.70. The summed E-state index contributed by atoms with van der Waals surface area (Å²) in [5.74, 6) is 1.00. The second kappa shape index (κ2) is 7.13. The Morgan fingerprint density at radius 1 is 1.22 bits per heavy atom. The van der Waals surface area contributed by atoms with E-state index in [0.717, 1.165) is 30.0 Å². The predicted octanol–water partition coefficient (Wildman–Crippen LogP) is 2.66. The van der Waals surface area contributed by atoms with Gasteiger partial charge in [0.15, 0.2) is 0 Å². The van der Waals surface area contributed by atoms with Crippen LogP contribution in [0, 0.1) is 0 Å². The Bertz CT molecular complexity index is 662. The van der Waals surface area contributed by atoms with Crippen LogP contribution in [0.4, 0.5) is 5.69 Å². The molecule has 0 bridgehead atoms. The molecule has 0 aliphatic carbocycles. The first-order valence-corrected chi connectivity index (χ1v) is 7.91. The zero-order chi connectivity index (χ0) is 16.1. The van der Waals surface area contributed by atoms with Crippen molar-refractivity contribution in [1.29, 1.82) is 0 Å². The summed E-state index contributed by atoms with van der Waals surface area (Å²) in [5, 5.41) is 2.90. The SMILES string of the molecule is O=C(CCc1ccco1)NCc1ccc(N2CCCC2=O)cc1. The van der Waals surface area contributed by atoms with E-state index in [1.165, 1.54) is 0 Å². The minimum absolute atomic E-state index is 0.000183. The highest BCUT2D eigenvalue weighted by atomic mass is 16.3. The first-order chi connectivity index (χ1) is 11.2. The van der Waals surface area contributed by atoms with Gasteiger partial charge in [0, 0.05) is 38.0 Å². The summed E-state index contributed by atoms with van der Waals surface area (Å²) < 4.78 is 5.21. The maximum atomic E-state index is 11.8. The monoisotopic (exact) mass is 312 g/mol. The van der Waals surface area contributed by atoms with Gasteiger partial charge in [-0.15, -0.1) is 0 Å². The smallest absolute Gasteiger partial charge is 0.227 e. The zero-order valence-corrected chi connectivity index (χ0v) is 13.0. The molecule has 0 saturated carbocycles. The van der Waals surface area contributed by atoms with Gasteiger partial charge < -0.3 is 14.6 Å². The maximum Gasteiger partial charge on any atom is 0.227 e. The number of nitrogens with zero attached hydrogens (tertiary/aromatic N) is 1. The van der Waals surface area contributed by atoms with Crippen molar-refractivity contribution in [2.45, 2.75) is 32.2 Å². The van der Waals surface area contributed by atoms with E-state index >= 15 is 0 Å². The van der Waals surface area contributed by atoms with Crippen molar-refractivity contribution in [3.63, 3.8) is 0 Å². The molecule has 1 fully saturated rings. The molecule has 0 atom stereocenters. The normalized spacial score (nSPS) is 14.3. The fraction of sp³-hybridized carbons (Fsp3) is 0.333. The third kappa shape index (κ3) is 4.00. The van der Waals surface area contributed by atoms with Crippen LogP contribution in [0.2, 0.25) is 0 Å². The van der Waals surface area contributed by atoms with E-state index in [4.69, 9.17) is 4.42 Å². The lowest BCUT2D eigenvalue weighted by Crippen LogP contribution is -2.24. The molecule has 5 heteroatoms. The molecular formula is C18H20N2O3. The van der Waals surface area contributed by atoms with E-state index < -0.39 is 0 Å². The van der Waals surface area contributed by atoms with Crippen molar-refractivity contribution in [3.8, 4) is 0 Å². The van der Waals surface area contributed by atoms with E-state index in [2.05, 4.69) is 5.32 Å². The molecule has 2 amide bonds. The molecule has 5 nitrogen and oxygen atoms in total. The highest BCUT2D eigenvalue weighted by molar-refractivity contribution is 5.95. The Morgan fingerprint density at radius 3 is 2.70 bits per heavy atom. The number of amides is 2. The number of nitrogens with one attached hydrogen (secondary N) is 1. The summed E-state index contributed by atoms with van der Waals surface area (Å²) in [4.78, 5) is 25.3. The van der Waals surface area contributed by atoms with E-state index in [-0.39, 0.29) is 11.8 Å². The number of anilines is 1. The quantitative estimate of drug-likeness (QED) is 0.892. The molecule has 2 heterocycles. The third-order valence-electron chi connectivity index (χ3n) is 3.99. The molecule has 120 valence electrons. The number of hydrogen-bond donors (Lipinski definition) is 1. The molecule has 1 aliphatic heterocycles. The van der Waals surface area contributed by atoms with Crippen LogP contribution in [0.5, 0.6) is 0 Å². The van der Waals surface area contributed by atoms with Gasteiger partial charge >= 0.3 is 0 Å². The minimum Gasteiger partial charge on any atom is -0.469 e. The van der Waals surface area contributed by atoms with E-state index in [0.29, 0.717) is 25.8 Å². The van der Waals surface area contributed by atoms with Crippen molar-refractivity contribution in [2.75, 3.05) is 11.4 Å². The molecule has 1 N–H and O–H groups in total. The maximum absolute atomic E-state index is 11.8. The molecule has 23 heavy (non-hydrogen) atoms. The van der Waals surface area contributed by atoms with Gasteiger partial charge in [0.25, 0.3) is 0 Å². The average molecular weight is 312 g/mol. The summed E-state index contributed by atoms with van der Waals surface area (Å²) >= 11 is 0. The zero-order valence-electron chi connectivity index (χ0n) is 13.0. The Morgan fingerprint density at radius 2 is 2.04 bits per heavy atom. The standard InChI is InChI=1S/C18H20N2O3/c21-17(10-9-16-3-2-12-23-16)19-13-14-5-7-15(8-6-14)20-11-1-4-18(20)22/h2-3,5-8,12H,1,4,9-11,13H2,(H,19,21). The number of carbonyl (C=O) groups excluding carboxylic acids is 2. The van der Waals surface area contributed by atoms with Gasteiger partial charge in [-0.3, -0.25) is 9.59 Å². The number of furan rings is 1. The number of rotatable bonds is 6. The Balaban J connectivity index is 1.46. The number of aryl methyl sites for hydroxylation is 1. The number of benzene rings is 1. The molecular weight excluding hydrogens is 292 g/mol. The van der Waals surface area contributed by atoms with Gasteiger partial charge in [-0.2, -0.15) is 0 Å². The highest BCUT2D eigenvalue weighted by Crippen LogP contribution is 2.21. The summed E-state index contributed by atoms with van der Waals surface area (Å²) in [5.41, 5.74) is 1.95. The highest BCUT2D eigenvalue weighted by Gasteiger charge is 2.21. The van der Waals surface area contributed by atoms with Gasteiger partial charge in [-0.05, 0) is 36.2 Å². The van der Waals surface area contributed by atoms with Gasteiger partial charge in [0.05, 0.1) is 6.26 Å². The van der Waals surface area contributed by atoms with Gasteiger partial charge in [0.2, 0.25) is 11.8 Å². The van der Waals surface area contributed by atoms with Crippen LogP contribution in [-0.2, 0) is 22.6 Å². The summed E-state index contributed by atoms with van der Waals surface area (Å²) in [6.07, 6.45) is 4.18. The molecule has 1 saturated heterocycles. The van der Waals surface area contributed by atoms with Crippen LogP contribution in [0.15, 0.2) is 47.1 Å². The fourth-order valence-corrected chi connectivity index (χ4v) is 2.70. The molecule has 3 rings (SSSR count). The summed E-state index contributed by atoms with van der Waals surface area (Å²) in [7, 11) is 0. The molecule has 1 aromatic carbocycles. The Labute approximate surface area is 135 Å². The van der Waals surface area contributed by atoms with Crippen LogP contribution < -0.4 is 10.2 Å². The summed E-state index contributed by atoms with van der Waals surface area (Å²) in [6, 6.07) is 11.5. The summed E-state index contributed by atoms with van der Waals surface area (Å²) in [6.45, 7) is 1.28. The van der Waals surface area contributed by atoms with Crippen molar-refractivity contribution in [2.24, 2.45) is 0 Å². The minimum atomic E-state index is 0.000183. The lowest BCUT2D eigenvalue weighted by molar-refractivity contribution is -0.121. The lowest BCUT2D eigenvalue weighted by atomic mass is 10.2.